The zero-order valence-corrected chi connectivity index (χ0v) is 19.5. The maximum absolute atomic E-state index is 13.5. The number of pyridine rings is 1. The minimum atomic E-state index is -0.192. The van der Waals surface area contributed by atoms with Crippen molar-refractivity contribution in [1.82, 2.24) is 19.4 Å². The quantitative estimate of drug-likeness (QED) is 0.597. The summed E-state index contributed by atoms with van der Waals surface area (Å²) in [6.07, 6.45) is 6.18. The van der Waals surface area contributed by atoms with E-state index in [0.29, 0.717) is 18.1 Å². The van der Waals surface area contributed by atoms with Gasteiger partial charge in [-0.15, -0.1) is 0 Å². The molecule has 172 valence electrons. The Balaban J connectivity index is 1.79. The number of piperidine rings is 1. The van der Waals surface area contributed by atoms with Crippen LogP contribution in [0.2, 0.25) is 0 Å². The molecule has 1 fully saturated rings. The fraction of sp³-hybridized carbons (Fsp3) is 0.360. The van der Waals surface area contributed by atoms with E-state index in [1.807, 2.05) is 54.4 Å². The van der Waals surface area contributed by atoms with Crippen molar-refractivity contribution in [2.24, 2.45) is 7.05 Å². The second-order valence-electron chi connectivity index (χ2n) is 8.47. The third kappa shape index (κ3) is 4.60. The van der Waals surface area contributed by atoms with Gasteiger partial charge in [-0.05, 0) is 43.0 Å². The van der Waals surface area contributed by atoms with Gasteiger partial charge in [-0.25, -0.2) is 9.97 Å². The Morgan fingerprint density at radius 1 is 1.12 bits per heavy atom. The van der Waals surface area contributed by atoms with Crippen LogP contribution >= 0.6 is 0 Å². The number of anilines is 1. The maximum Gasteiger partial charge on any atom is 0.255 e. The molecule has 3 heterocycles. The number of nitrogens with zero attached hydrogens (tertiary/aromatic N) is 5. The smallest absolute Gasteiger partial charge is 0.255 e. The molecule has 1 unspecified atom stereocenters. The van der Waals surface area contributed by atoms with Crippen LogP contribution in [0.1, 0.15) is 41.4 Å². The Kier molecular flexibility index (Phi) is 6.44. The van der Waals surface area contributed by atoms with Crippen LogP contribution in [0.3, 0.4) is 0 Å². The molecule has 1 amide bonds. The summed E-state index contributed by atoms with van der Waals surface area (Å²) in [6, 6.07) is 10.6. The highest BCUT2D eigenvalue weighted by Gasteiger charge is 2.32. The van der Waals surface area contributed by atoms with Crippen molar-refractivity contribution >= 4 is 11.9 Å². The van der Waals surface area contributed by atoms with Crippen molar-refractivity contribution in [3.05, 3.63) is 70.4 Å². The minimum Gasteiger partial charge on any atom is -0.497 e. The summed E-state index contributed by atoms with van der Waals surface area (Å²) < 4.78 is 6.74. The van der Waals surface area contributed by atoms with Gasteiger partial charge in [0.2, 0.25) is 11.5 Å². The molecule has 4 rings (SSSR count). The molecule has 2 aromatic heterocycles. The fourth-order valence-corrected chi connectivity index (χ4v) is 4.19. The molecule has 1 atom stereocenters. The SMILES string of the molecule is COc1ccc(-c2cnc(N(C)C)nc2C2CCCCN2C(=O)c2ccc(=O)n(C)c2)cc1. The van der Waals surface area contributed by atoms with E-state index in [-0.39, 0.29) is 17.5 Å². The number of amides is 1. The first-order valence-electron chi connectivity index (χ1n) is 11.1. The number of aromatic nitrogens is 3. The predicted molar refractivity (Wildman–Crippen MR) is 128 cm³/mol. The molecule has 1 saturated heterocycles. The lowest BCUT2D eigenvalue weighted by Crippen LogP contribution is -2.39. The molecule has 0 radical (unpaired) electrons. The van der Waals surface area contributed by atoms with Crippen molar-refractivity contribution in [1.29, 1.82) is 0 Å². The number of carbonyl (C=O) groups is 1. The molecule has 0 N–H and O–H groups in total. The van der Waals surface area contributed by atoms with Crippen LogP contribution in [0.4, 0.5) is 5.95 Å². The van der Waals surface area contributed by atoms with E-state index in [2.05, 4.69) is 4.98 Å². The van der Waals surface area contributed by atoms with Gasteiger partial charge in [-0.1, -0.05) is 12.1 Å². The lowest BCUT2D eigenvalue weighted by atomic mass is 9.93. The van der Waals surface area contributed by atoms with Crippen LogP contribution in [-0.4, -0.2) is 53.1 Å². The number of carbonyl (C=O) groups excluding carboxylic acids is 1. The van der Waals surface area contributed by atoms with Gasteiger partial charge in [0.05, 0.1) is 24.4 Å². The topological polar surface area (TPSA) is 80.6 Å². The van der Waals surface area contributed by atoms with E-state index >= 15 is 0 Å². The molecule has 3 aromatic rings. The van der Waals surface area contributed by atoms with Crippen LogP contribution in [0.25, 0.3) is 11.1 Å². The summed E-state index contributed by atoms with van der Waals surface area (Å²) in [4.78, 5) is 38.6. The van der Waals surface area contributed by atoms with Crippen LogP contribution in [-0.2, 0) is 7.05 Å². The number of rotatable bonds is 5. The van der Waals surface area contributed by atoms with E-state index in [1.165, 1.54) is 10.6 Å². The van der Waals surface area contributed by atoms with Crippen LogP contribution < -0.4 is 15.2 Å². The highest BCUT2D eigenvalue weighted by atomic mass is 16.5. The summed E-state index contributed by atoms with van der Waals surface area (Å²) in [6.45, 7) is 0.635. The third-order valence-electron chi connectivity index (χ3n) is 6.02. The van der Waals surface area contributed by atoms with Crippen molar-refractivity contribution < 1.29 is 9.53 Å². The molecule has 1 aliphatic heterocycles. The molecule has 8 nitrogen and oxygen atoms in total. The number of ether oxygens (including phenoxy) is 1. The van der Waals surface area contributed by atoms with Crippen LogP contribution in [0.15, 0.2) is 53.6 Å². The van der Waals surface area contributed by atoms with Gasteiger partial charge in [-0.2, -0.15) is 0 Å². The van der Waals surface area contributed by atoms with Crippen molar-refractivity contribution in [2.75, 3.05) is 32.6 Å². The third-order valence-corrected chi connectivity index (χ3v) is 6.02. The van der Waals surface area contributed by atoms with Gasteiger partial charge in [0, 0.05) is 51.7 Å². The molecular formula is C25H29N5O3. The monoisotopic (exact) mass is 447 g/mol. The average Bonchev–Trinajstić information content (AvgIpc) is 2.85. The summed E-state index contributed by atoms with van der Waals surface area (Å²) in [5.74, 6) is 1.28. The number of hydrogen-bond acceptors (Lipinski definition) is 6. The molecule has 0 saturated carbocycles. The Morgan fingerprint density at radius 3 is 2.55 bits per heavy atom. The minimum absolute atomic E-state index is 0.0963. The lowest BCUT2D eigenvalue weighted by Gasteiger charge is -2.36. The first-order valence-corrected chi connectivity index (χ1v) is 11.1. The van der Waals surface area contributed by atoms with Gasteiger partial charge in [0.25, 0.3) is 5.91 Å². The lowest BCUT2D eigenvalue weighted by molar-refractivity contribution is 0.0606. The van der Waals surface area contributed by atoms with E-state index in [0.717, 1.165) is 41.8 Å². The van der Waals surface area contributed by atoms with Crippen LogP contribution in [0.5, 0.6) is 5.75 Å². The second-order valence-corrected chi connectivity index (χ2v) is 8.47. The molecule has 1 aliphatic rings. The molecule has 0 spiro atoms. The summed E-state index contributed by atoms with van der Waals surface area (Å²) >= 11 is 0. The Hall–Kier alpha value is -3.68. The number of hydrogen-bond donors (Lipinski definition) is 0. The van der Waals surface area contributed by atoms with Gasteiger partial charge in [-0.3, -0.25) is 9.59 Å². The number of benzene rings is 1. The molecule has 1 aromatic carbocycles. The molecule has 33 heavy (non-hydrogen) atoms. The van der Waals surface area contributed by atoms with Gasteiger partial charge in [0.1, 0.15) is 5.75 Å². The van der Waals surface area contributed by atoms with Crippen molar-refractivity contribution in [2.45, 2.75) is 25.3 Å². The van der Waals surface area contributed by atoms with Crippen molar-refractivity contribution in [3.63, 3.8) is 0 Å². The zero-order valence-electron chi connectivity index (χ0n) is 19.5. The largest absolute Gasteiger partial charge is 0.497 e. The van der Waals surface area contributed by atoms with Gasteiger partial charge in [0.15, 0.2) is 0 Å². The maximum atomic E-state index is 13.5. The fourth-order valence-electron chi connectivity index (χ4n) is 4.19. The van der Waals surface area contributed by atoms with E-state index < -0.39 is 0 Å². The second kappa shape index (κ2) is 9.44. The summed E-state index contributed by atoms with van der Waals surface area (Å²) in [7, 11) is 7.10. The number of methoxy groups -OCH3 is 1. The standard InChI is InChI=1S/C25H29N5O3/c1-28(2)25-26-15-20(17-8-11-19(33-4)12-9-17)23(27-25)21-7-5-6-14-30(21)24(32)18-10-13-22(31)29(3)16-18/h8-13,15-16,21H,5-7,14H2,1-4H3. The molecule has 8 heteroatoms. The normalized spacial score (nSPS) is 15.9. The molecule has 0 bridgehead atoms. The van der Waals surface area contributed by atoms with Gasteiger partial charge >= 0.3 is 0 Å². The van der Waals surface area contributed by atoms with Crippen molar-refractivity contribution in [3.8, 4) is 16.9 Å². The van der Waals surface area contributed by atoms with Crippen LogP contribution in [0, 0.1) is 0 Å². The Morgan fingerprint density at radius 2 is 1.88 bits per heavy atom. The first kappa shape index (κ1) is 22.5. The highest BCUT2D eigenvalue weighted by Crippen LogP contribution is 2.37. The predicted octanol–water partition coefficient (Wildman–Crippen LogP) is 3.28. The highest BCUT2D eigenvalue weighted by molar-refractivity contribution is 5.94. The first-order chi connectivity index (χ1) is 15.9. The van der Waals surface area contributed by atoms with E-state index in [1.54, 1.807) is 26.4 Å². The van der Waals surface area contributed by atoms with Gasteiger partial charge < -0.3 is 19.1 Å². The Labute approximate surface area is 193 Å². The zero-order chi connectivity index (χ0) is 23.5. The Bertz CT molecular complexity index is 1200. The number of likely N-dealkylation sites (tertiary alicyclic amines) is 1. The number of aryl methyl sites for hydroxylation is 1. The summed E-state index contributed by atoms with van der Waals surface area (Å²) in [5, 5.41) is 0. The van der Waals surface area contributed by atoms with E-state index in [9.17, 15) is 9.59 Å². The molecular weight excluding hydrogens is 418 g/mol. The molecule has 0 aliphatic carbocycles. The average molecular weight is 448 g/mol. The summed E-state index contributed by atoms with van der Waals surface area (Å²) in [5.41, 5.74) is 3.05. The van der Waals surface area contributed by atoms with E-state index in [4.69, 9.17) is 9.72 Å².